The molecule has 2 aromatic rings. The smallest absolute Gasteiger partial charge is 0.129 e. The molecule has 0 nitrogen and oxygen atoms in total. The van der Waals surface area contributed by atoms with Gasteiger partial charge in [-0.05, 0) is 34.1 Å². The highest BCUT2D eigenvalue weighted by Gasteiger charge is 2.18. The molecule has 2 rings (SSSR count). The minimum absolute atomic E-state index is 0.190. The van der Waals surface area contributed by atoms with Crippen LogP contribution in [0.15, 0.2) is 33.2 Å². The first-order chi connectivity index (χ1) is 7.99. The summed E-state index contributed by atoms with van der Waals surface area (Å²) in [5.41, 5.74) is 0.596. The van der Waals surface area contributed by atoms with Crippen LogP contribution in [0.2, 0.25) is 4.34 Å². The van der Waals surface area contributed by atoms with E-state index in [9.17, 15) is 4.39 Å². The summed E-state index contributed by atoms with van der Waals surface area (Å²) in [4.78, 5) is 0.771. The van der Waals surface area contributed by atoms with Crippen LogP contribution in [0.4, 0.5) is 4.39 Å². The first-order valence-corrected chi connectivity index (χ1v) is 8.22. The molecule has 17 heavy (non-hydrogen) atoms. The molecule has 1 unspecified atom stereocenters. The lowest BCUT2D eigenvalue weighted by molar-refractivity contribution is 0.613. The summed E-state index contributed by atoms with van der Waals surface area (Å²) in [6, 6.07) is 6.92. The SMILES string of the molecule is Fc1cc(Br)ccc1C(Br)c1cc(Br)c(Cl)s1. The lowest BCUT2D eigenvalue weighted by Crippen LogP contribution is -1.94. The van der Waals surface area contributed by atoms with Crippen LogP contribution in [-0.4, -0.2) is 0 Å². The first-order valence-electron chi connectivity index (χ1n) is 4.53. The van der Waals surface area contributed by atoms with Gasteiger partial charge in [0.25, 0.3) is 0 Å². The Bertz CT molecular complexity index is 536. The van der Waals surface area contributed by atoms with Crippen molar-refractivity contribution in [3.05, 3.63) is 53.8 Å². The van der Waals surface area contributed by atoms with Crippen LogP contribution in [0, 0.1) is 5.82 Å². The Kier molecular flexibility index (Phi) is 4.69. The molecule has 1 aromatic carbocycles. The molecule has 90 valence electrons. The van der Waals surface area contributed by atoms with E-state index in [-0.39, 0.29) is 10.6 Å². The number of halogens is 5. The molecule has 0 fully saturated rings. The van der Waals surface area contributed by atoms with Crippen LogP contribution < -0.4 is 0 Å². The van der Waals surface area contributed by atoms with Gasteiger partial charge in [0.1, 0.15) is 10.2 Å². The van der Waals surface area contributed by atoms with Gasteiger partial charge in [-0.25, -0.2) is 4.39 Å². The standard InChI is InChI=1S/C11H5Br3ClFS/c12-5-1-2-6(8(16)3-5)10(14)9-4-7(13)11(15)17-9/h1-4,10H. The van der Waals surface area contributed by atoms with Gasteiger partial charge in [0.15, 0.2) is 0 Å². The predicted octanol–water partition coefficient (Wildman–Crippen LogP) is 6.55. The van der Waals surface area contributed by atoms with Crippen molar-refractivity contribution in [2.24, 2.45) is 0 Å². The zero-order chi connectivity index (χ0) is 12.6. The lowest BCUT2D eigenvalue weighted by Gasteiger charge is -2.09. The van der Waals surface area contributed by atoms with Crippen LogP contribution >= 0.6 is 70.7 Å². The third-order valence-electron chi connectivity index (χ3n) is 2.15. The molecule has 0 radical (unpaired) electrons. The Morgan fingerprint density at radius 2 is 1.94 bits per heavy atom. The van der Waals surface area contributed by atoms with Crippen LogP contribution in [0.5, 0.6) is 0 Å². The second-order valence-corrected chi connectivity index (χ2v) is 7.67. The van der Waals surface area contributed by atoms with Gasteiger partial charge in [-0.15, -0.1) is 11.3 Å². The molecule has 0 aliphatic heterocycles. The number of benzene rings is 1. The van der Waals surface area contributed by atoms with Gasteiger partial charge < -0.3 is 0 Å². The largest absolute Gasteiger partial charge is 0.207 e. The van der Waals surface area contributed by atoms with Crippen LogP contribution in [-0.2, 0) is 0 Å². The fraction of sp³-hybridized carbons (Fsp3) is 0.0909. The highest BCUT2D eigenvalue weighted by molar-refractivity contribution is 9.11. The van der Waals surface area contributed by atoms with Crippen molar-refractivity contribution in [1.29, 1.82) is 0 Å². The van der Waals surface area contributed by atoms with E-state index in [1.807, 2.05) is 12.1 Å². The molecule has 0 aliphatic rings. The van der Waals surface area contributed by atoms with E-state index in [0.717, 1.165) is 13.8 Å². The van der Waals surface area contributed by atoms with Crippen LogP contribution in [0.3, 0.4) is 0 Å². The van der Waals surface area contributed by atoms with Gasteiger partial charge in [0.2, 0.25) is 0 Å². The molecule has 0 amide bonds. The van der Waals surface area contributed by atoms with E-state index in [1.54, 1.807) is 6.07 Å². The minimum Gasteiger partial charge on any atom is -0.207 e. The molecule has 0 aliphatic carbocycles. The van der Waals surface area contributed by atoms with E-state index in [0.29, 0.717) is 9.90 Å². The number of alkyl halides is 1. The maximum Gasteiger partial charge on any atom is 0.129 e. The number of thiophene rings is 1. The first kappa shape index (κ1) is 14.0. The molecule has 0 N–H and O–H groups in total. The van der Waals surface area contributed by atoms with Gasteiger partial charge in [-0.3, -0.25) is 0 Å². The van der Waals surface area contributed by atoms with Crippen molar-refractivity contribution < 1.29 is 4.39 Å². The van der Waals surface area contributed by atoms with E-state index >= 15 is 0 Å². The van der Waals surface area contributed by atoms with Crippen molar-refractivity contribution >= 4 is 70.7 Å². The Labute approximate surface area is 133 Å². The fourth-order valence-corrected chi connectivity index (χ4v) is 4.20. The summed E-state index contributed by atoms with van der Waals surface area (Å²) in [7, 11) is 0. The molecule has 6 heteroatoms. The van der Waals surface area contributed by atoms with E-state index in [1.165, 1.54) is 17.4 Å². The normalized spacial score (nSPS) is 12.8. The number of rotatable bonds is 2. The second kappa shape index (κ2) is 5.70. The Hall–Kier alpha value is 0.580. The second-order valence-electron chi connectivity index (χ2n) is 3.30. The van der Waals surface area contributed by atoms with Crippen molar-refractivity contribution in [2.45, 2.75) is 4.83 Å². The van der Waals surface area contributed by atoms with Crippen molar-refractivity contribution in [1.82, 2.24) is 0 Å². The highest BCUT2D eigenvalue weighted by atomic mass is 79.9. The Morgan fingerprint density at radius 3 is 2.47 bits per heavy atom. The zero-order valence-corrected chi connectivity index (χ0v) is 14.5. The molecule has 1 heterocycles. The van der Waals surface area contributed by atoms with Crippen molar-refractivity contribution in [3.63, 3.8) is 0 Å². The summed E-state index contributed by atoms with van der Waals surface area (Å²) in [6.07, 6.45) is 0. The molecule has 1 atom stereocenters. The summed E-state index contributed by atoms with van der Waals surface area (Å²) in [5, 5.41) is 0. The molecule has 0 bridgehead atoms. The van der Waals surface area contributed by atoms with Gasteiger partial charge >= 0.3 is 0 Å². The minimum atomic E-state index is -0.248. The van der Waals surface area contributed by atoms with E-state index in [2.05, 4.69) is 47.8 Å². The quantitative estimate of drug-likeness (QED) is 0.443. The molecular formula is C11H5Br3ClFS. The fourth-order valence-electron chi connectivity index (χ4n) is 1.35. The third kappa shape index (κ3) is 3.13. The molecule has 0 saturated heterocycles. The average molecular weight is 463 g/mol. The topological polar surface area (TPSA) is 0 Å². The number of hydrogen-bond acceptors (Lipinski definition) is 1. The predicted molar refractivity (Wildman–Crippen MR) is 81.9 cm³/mol. The van der Waals surface area contributed by atoms with Gasteiger partial charge in [-0.2, -0.15) is 0 Å². The van der Waals surface area contributed by atoms with Crippen LogP contribution in [0.1, 0.15) is 15.3 Å². The van der Waals surface area contributed by atoms with Gasteiger partial charge in [-0.1, -0.05) is 49.5 Å². The maximum atomic E-state index is 13.8. The average Bonchev–Trinajstić information content (AvgIpc) is 2.58. The van der Waals surface area contributed by atoms with Gasteiger partial charge in [0, 0.05) is 19.4 Å². The van der Waals surface area contributed by atoms with Crippen molar-refractivity contribution in [2.75, 3.05) is 0 Å². The summed E-state index contributed by atoms with van der Waals surface area (Å²) >= 11 is 17.5. The highest BCUT2D eigenvalue weighted by Crippen LogP contribution is 2.42. The van der Waals surface area contributed by atoms with E-state index in [4.69, 9.17) is 11.6 Å². The van der Waals surface area contributed by atoms with Crippen molar-refractivity contribution in [3.8, 4) is 0 Å². The Morgan fingerprint density at radius 1 is 1.24 bits per heavy atom. The van der Waals surface area contributed by atoms with E-state index < -0.39 is 0 Å². The Balaban J connectivity index is 2.39. The lowest BCUT2D eigenvalue weighted by atomic mass is 10.1. The summed E-state index contributed by atoms with van der Waals surface area (Å²) in [5.74, 6) is -0.248. The third-order valence-corrected chi connectivity index (χ3v) is 6.47. The van der Waals surface area contributed by atoms with Crippen LogP contribution in [0.25, 0.3) is 0 Å². The molecule has 0 spiro atoms. The molecule has 0 saturated carbocycles. The number of hydrogen-bond donors (Lipinski definition) is 0. The molecular weight excluding hydrogens is 458 g/mol. The summed E-state index contributed by atoms with van der Waals surface area (Å²) in [6.45, 7) is 0. The monoisotopic (exact) mass is 460 g/mol. The zero-order valence-electron chi connectivity index (χ0n) is 8.18. The molecule has 1 aromatic heterocycles. The maximum absolute atomic E-state index is 13.8. The van der Waals surface area contributed by atoms with Gasteiger partial charge in [0.05, 0.1) is 4.83 Å². The summed E-state index contributed by atoms with van der Waals surface area (Å²) < 4.78 is 16.0.